The molecule has 0 aliphatic rings. The smallest absolute Gasteiger partial charge is 0.258 e. The average Bonchev–Trinajstić information content (AvgIpc) is 3.28. The molecule has 0 saturated heterocycles. The number of guanidine groups is 1. The van der Waals surface area contributed by atoms with E-state index in [4.69, 9.17) is 9.73 Å². The van der Waals surface area contributed by atoms with Crippen molar-refractivity contribution < 1.29 is 9.53 Å². The number of carbonyl (C=O) groups excluding carboxylic acids is 1. The topological polar surface area (TPSA) is 81.7 Å². The van der Waals surface area contributed by atoms with E-state index in [0.717, 1.165) is 23.3 Å². The Bertz CT molecular complexity index is 1330. The monoisotopic (exact) mass is 469 g/mol. The molecule has 0 aliphatic heterocycles. The number of H-pyrrole nitrogens is 1. The Kier molecular flexibility index (Phi) is 7.67. The maximum absolute atomic E-state index is 13.1. The minimum atomic E-state index is -0.235. The summed E-state index contributed by atoms with van der Waals surface area (Å²) in [5, 5.41) is 7.40. The number of carbonyl (C=O) groups is 1. The van der Waals surface area contributed by atoms with Crippen molar-refractivity contribution in [2.24, 2.45) is 4.99 Å². The van der Waals surface area contributed by atoms with Crippen LogP contribution >= 0.6 is 0 Å². The maximum Gasteiger partial charge on any atom is 0.258 e. The van der Waals surface area contributed by atoms with E-state index < -0.39 is 0 Å². The summed E-state index contributed by atoms with van der Waals surface area (Å²) in [7, 11) is 3.89. The van der Waals surface area contributed by atoms with Crippen LogP contribution in [0.4, 0.5) is 11.4 Å². The van der Waals surface area contributed by atoms with Crippen molar-refractivity contribution in [3.05, 3.63) is 90.1 Å². The molecule has 7 nitrogen and oxygen atoms in total. The van der Waals surface area contributed by atoms with Gasteiger partial charge in [-0.05, 0) is 55.3 Å². The maximum atomic E-state index is 13.1. The highest BCUT2D eigenvalue weighted by atomic mass is 16.5. The Hall–Kier alpha value is -4.26. The predicted molar refractivity (Wildman–Crippen MR) is 144 cm³/mol. The SMILES string of the molecule is CCOc1ccccc1NC(=NCCc1c[nH]c2ccccc12)NC(=O)c1cccc(N(C)C)c1. The first kappa shape index (κ1) is 23.9. The summed E-state index contributed by atoms with van der Waals surface area (Å²) in [5.41, 5.74) is 4.53. The highest BCUT2D eigenvalue weighted by molar-refractivity contribution is 6.10. The number of anilines is 2. The number of ether oxygens (including phenoxy) is 1. The molecule has 0 unspecified atom stereocenters. The number of rotatable bonds is 8. The lowest BCUT2D eigenvalue weighted by atomic mass is 10.1. The van der Waals surface area contributed by atoms with Gasteiger partial charge in [0.2, 0.25) is 5.96 Å². The molecule has 0 atom stereocenters. The average molecular weight is 470 g/mol. The van der Waals surface area contributed by atoms with Crippen LogP contribution in [0.15, 0.2) is 84.0 Å². The number of nitrogens with one attached hydrogen (secondary N) is 3. The van der Waals surface area contributed by atoms with Crippen molar-refractivity contribution in [2.75, 3.05) is 37.5 Å². The molecule has 35 heavy (non-hydrogen) atoms. The molecule has 0 spiro atoms. The fraction of sp³-hybridized carbons (Fsp3) is 0.214. The second-order valence-corrected chi connectivity index (χ2v) is 8.29. The second-order valence-electron chi connectivity index (χ2n) is 8.29. The molecule has 0 saturated carbocycles. The first-order valence-corrected chi connectivity index (χ1v) is 11.7. The first-order valence-electron chi connectivity index (χ1n) is 11.7. The molecule has 0 fully saturated rings. The number of aromatic nitrogens is 1. The van der Waals surface area contributed by atoms with Crippen molar-refractivity contribution >= 4 is 34.1 Å². The molecule has 1 heterocycles. The number of benzene rings is 3. The number of aromatic amines is 1. The van der Waals surface area contributed by atoms with Gasteiger partial charge in [-0.1, -0.05) is 36.4 Å². The third-order valence-electron chi connectivity index (χ3n) is 5.62. The van der Waals surface area contributed by atoms with Gasteiger partial charge in [0.25, 0.3) is 5.91 Å². The van der Waals surface area contributed by atoms with Crippen LogP contribution in [0, 0.1) is 0 Å². The van der Waals surface area contributed by atoms with Crippen molar-refractivity contribution in [3.63, 3.8) is 0 Å². The zero-order chi connectivity index (χ0) is 24.6. The largest absolute Gasteiger partial charge is 0.492 e. The molecule has 180 valence electrons. The molecule has 7 heteroatoms. The van der Waals surface area contributed by atoms with Gasteiger partial charge in [0, 0.05) is 49.0 Å². The first-order chi connectivity index (χ1) is 17.0. The highest BCUT2D eigenvalue weighted by Crippen LogP contribution is 2.24. The van der Waals surface area contributed by atoms with Crippen LogP contribution in [0.1, 0.15) is 22.8 Å². The minimum absolute atomic E-state index is 0.235. The van der Waals surface area contributed by atoms with Crippen LogP contribution in [-0.4, -0.2) is 44.1 Å². The number of fused-ring (bicyclic) bond motifs is 1. The summed E-state index contributed by atoms with van der Waals surface area (Å²) in [6.45, 7) is 2.97. The fourth-order valence-corrected chi connectivity index (χ4v) is 3.82. The lowest BCUT2D eigenvalue weighted by Crippen LogP contribution is -2.36. The van der Waals surface area contributed by atoms with E-state index >= 15 is 0 Å². The van der Waals surface area contributed by atoms with E-state index in [-0.39, 0.29) is 5.91 Å². The van der Waals surface area contributed by atoms with Gasteiger partial charge in [0.15, 0.2) is 0 Å². The second kappa shape index (κ2) is 11.2. The van der Waals surface area contributed by atoms with E-state index in [1.165, 1.54) is 10.9 Å². The van der Waals surface area contributed by atoms with E-state index in [2.05, 4.69) is 27.8 Å². The molecule has 3 N–H and O–H groups in total. The van der Waals surface area contributed by atoms with Gasteiger partial charge in [-0.2, -0.15) is 0 Å². The molecule has 0 radical (unpaired) electrons. The molecular weight excluding hydrogens is 438 g/mol. The van der Waals surface area contributed by atoms with Crippen LogP contribution in [-0.2, 0) is 6.42 Å². The molecule has 3 aromatic carbocycles. The summed E-state index contributed by atoms with van der Waals surface area (Å²) in [6, 6.07) is 23.3. The van der Waals surface area contributed by atoms with Crippen LogP contribution in [0.3, 0.4) is 0 Å². The molecule has 4 rings (SSSR count). The van der Waals surface area contributed by atoms with Crippen molar-refractivity contribution in [3.8, 4) is 5.75 Å². The quantitative estimate of drug-likeness (QED) is 0.248. The van der Waals surface area contributed by atoms with Gasteiger partial charge in [0.1, 0.15) is 5.75 Å². The van der Waals surface area contributed by atoms with Gasteiger partial charge in [-0.3, -0.25) is 15.1 Å². The molecular formula is C28H31N5O2. The van der Waals surface area contributed by atoms with Crippen LogP contribution in [0.5, 0.6) is 5.75 Å². The van der Waals surface area contributed by atoms with Crippen LogP contribution in [0.2, 0.25) is 0 Å². The molecule has 0 aliphatic carbocycles. The molecule has 0 bridgehead atoms. The number of nitrogens with zero attached hydrogens (tertiary/aromatic N) is 2. The molecule has 4 aromatic rings. The van der Waals surface area contributed by atoms with E-state index in [1.54, 1.807) is 6.07 Å². The zero-order valence-corrected chi connectivity index (χ0v) is 20.3. The Labute approximate surface area is 205 Å². The fourth-order valence-electron chi connectivity index (χ4n) is 3.82. The van der Waals surface area contributed by atoms with Crippen LogP contribution in [0.25, 0.3) is 10.9 Å². The number of hydrogen-bond acceptors (Lipinski definition) is 4. The summed E-state index contributed by atoms with van der Waals surface area (Å²) < 4.78 is 5.74. The van der Waals surface area contributed by atoms with Gasteiger partial charge < -0.3 is 19.9 Å². The predicted octanol–water partition coefficient (Wildman–Crippen LogP) is 5.07. The summed E-state index contributed by atoms with van der Waals surface area (Å²) in [4.78, 5) is 23.1. The Balaban J connectivity index is 1.56. The lowest BCUT2D eigenvalue weighted by molar-refractivity contribution is 0.0977. The highest BCUT2D eigenvalue weighted by Gasteiger charge is 2.13. The standard InChI is InChI=1S/C28H31N5O2/c1-4-35-26-15-8-7-14-25(26)31-28(32-27(34)20-10-9-11-22(18-20)33(2)3)29-17-16-21-19-30-24-13-6-5-12-23(21)24/h5-15,18-19,30H,4,16-17H2,1-3H3,(H2,29,31,32,34). The lowest BCUT2D eigenvalue weighted by Gasteiger charge is -2.16. The van der Waals surface area contributed by atoms with E-state index in [9.17, 15) is 4.79 Å². The summed E-state index contributed by atoms with van der Waals surface area (Å²) in [5.74, 6) is 0.835. The van der Waals surface area contributed by atoms with Gasteiger partial charge in [-0.25, -0.2) is 0 Å². The van der Waals surface area contributed by atoms with Crippen molar-refractivity contribution in [2.45, 2.75) is 13.3 Å². The normalized spacial score (nSPS) is 11.3. The Morgan fingerprint density at radius 3 is 2.66 bits per heavy atom. The number of aliphatic imine (C=N–C) groups is 1. The van der Waals surface area contributed by atoms with E-state index in [0.29, 0.717) is 30.4 Å². The third-order valence-corrected chi connectivity index (χ3v) is 5.62. The van der Waals surface area contributed by atoms with Gasteiger partial charge in [0.05, 0.1) is 12.3 Å². The van der Waals surface area contributed by atoms with Crippen molar-refractivity contribution in [1.29, 1.82) is 0 Å². The Morgan fingerprint density at radius 1 is 1.03 bits per heavy atom. The van der Waals surface area contributed by atoms with Crippen molar-refractivity contribution in [1.82, 2.24) is 10.3 Å². The third kappa shape index (κ3) is 6.00. The number of hydrogen-bond donors (Lipinski definition) is 3. The van der Waals surface area contributed by atoms with E-state index in [1.807, 2.05) is 86.7 Å². The minimum Gasteiger partial charge on any atom is -0.492 e. The summed E-state index contributed by atoms with van der Waals surface area (Å²) >= 11 is 0. The Morgan fingerprint density at radius 2 is 1.83 bits per heavy atom. The molecule has 1 aromatic heterocycles. The zero-order valence-electron chi connectivity index (χ0n) is 20.3. The summed E-state index contributed by atoms with van der Waals surface area (Å²) in [6.07, 6.45) is 2.75. The molecule has 1 amide bonds. The van der Waals surface area contributed by atoms with Gasteiger partial charge in [-0.15, -0.1) is 0 Å². The van der Waals surface area contributed by atoms with Crippen LogP contribution < -0.4 is 20.3 Å². The van der Waals surface area contributed by atoms with Gasteiger partial charge >= 0.3 is 0 Å². The number of amides is 1. The number of para-hydroxylation sites is 3.